The van der Waals surface area contributed by atoms with Crippen molar-refractivity contribution < 1.29 is 24.0 Å². The molecule has 11 nitrogen and oxygen atoms in total. The van der Waals surface area contributed by atoms with E-state index >= 15 is 0 Å². The van der Waals surface area contributed by atoms with Crippen LogP contribution < -0.4 is 15.0 Å². The minimum absolute atomic E-state index is 0.00587. The largest absolute Gasteiger partial charge is 0.494 e. The van der Waals surface area contributed by atoms with E-state index in [1.165, 1.54) is 31.4 Å². The number of amides is 1. The maximum absolute atomic E-state index is 12.1. The molecular weight excluding hydrogens is 382 g/mol. The van der Waals surface area contributed by atoms with E-state index in [-0.39, 0.29) is 22.8 Å². The van der Waals surface area contributed by atoms with Gasteiger partial charge in [0.05, 0.1) is 23.8 Å². The van der Waals surface area contributed by atoms with Crippen LogP contribution in [0.1, 0.15) is 23.3 Å². The first-order valence-corrected chi connectivity index (χ1v) is 8.86. The number of carbonyl (C=O) groups excluding carboxylic acids is 2. The molecule has 0 bridgehead atoms. The van der Waals surface area contributed by atoms with Gasteiger partial charge in [0.2, 0.25) is 0 Å². The summed E-state index contributed by atoms with van der Waals surface area (Å²) in [6.07, 6.45) is 2.19. The Hall–Kier alpha value is -3.76. The molecule has 1 aromatic heterocycles. The van der Waals surface area contributed by atoms with Crippen LogP contribution in [0.25, 0.3) is 0 Å². The Balaban J connectivity index is 1.55. The lowest BCUT2D eigenvalue weighted by molar-refractivity contribution is -0.384. The predicted octanol–water partition coefficient (Wildman–Crippen LogP) is 1.79. The minimum atomic E-state index is -0.781. The molecule has 3 rings (SSSR count). The summed E-state index contributed by atoms with van der Waals surface area (Å²) in [5.74, 6) is -0.604. The second-order valence-corrected chi connectivity index (χ2v) is 6.24. The fraction of sp³-hybridized carbons (Fsp3) is 0.333. The maximum Gasteiger partial charge on any atom is 0.359 e. The monoisotopic (exact) mass is 401 g/mol. The van der Waals surface area contributed by atoms with Crippen molar-refractivity contribution in [3.63, 3.8) is 0 Å². The van der Waals surface area contributed by atoms with Gasteiger partial charge in [0, 0.05) is 19.2 Å². The van der Waals surface area contributed by atoms with E-state index in [0.29, 0.717) is 5.82 Å². The highest BCUT2D eigenvalue weighted by Crippen LogP contribution is 2.28. The van der Waals surface area contributed by atoms with Crippen LogP contribution in [0.3, 0.4) is 0 Å². The van der Waals surface area contributed by atoms with E-state index in [1.54, 1.807) is 6.07 Å². The number of ether oxygens (including phenoxy) is 2. The molecule has 29 heavy (non-hydrogen) atoms. The number of methoxy groups -OCH3 is 1. The highest BCUT2D eigenvalue weighted by atomic mass is 16.6. The number of hydrogen-bond donors (Lipinski definition) is 1. The van der Waals surface area contributed by atoms with Gasteiger partial charge in [0.1, 0.15) is 5.75 Å². The van der Waals surface area contributed by atoms with E-state index in [9.17, 15) is 19.7 Å². The third kappa shape index (κ3) is 4.94. The number of nitro groups is 1. The van der Waals surface area contributed by atoms with Gasteiger partial charge in [-0.2, -0.15) is 0 Å². The molecule has 0 radical (unpaired) electrons. The lowest BCUT2D eigenvalue weighted by Gasteiger charge is -2.15. The van der Waals surface area contributed by atoms with Crippen molar-refractivity contribution in [3.8, 4) is 5.75 Å². The molecule has 11 heteroatoms. The highest BCUT2D eigenvalue weighted by molar-refractivity contribution is 5.96. The molecule has 1 N–H and O–H groups in total. The molecule has 0 saturated carbocycles. The molecule has 0 spiro atoms. The Morgan fingerprint density at radius 2 is 1.97 bits per heavy atom. The van der Waals surface area contributed by atoms with Crippen LogP contribution in [0.2, 0.25) is 0 Å². The second-order valence-electron chi connectivity index (χ2n) is 6.24. The summed E-state index contributed by atoms with van der Waals surface area (Å²) < 4.78 is 9.98. The van der Waals surface area contributed by atoms with Crippen molar-refractivity contribution in [3.05, 3.63) is 46.1 Å². The molecule has 0 aliphatic carbocycles. The van der Waals surface area contributed by atoms with Crippen molar-refractivity contribution >= 4 is 29.1 Å². The number of hydrogen-bond acceptors (Lipinski definition) is 9. The SMILES string of the molecule is COc1cc([N+](=O)[O-])ccc1NC(=O)COC(=O)c1ccc(N2CCCC2)nn1. The Bertz CT molecular complexity index is 911. The molecule has 1 fully saturated rings. The van der Waals surface area contributed by atoms with Crippen molar-refractivity contribution in [1.82, 2.24) is 10.2 Å². The standard InChI is InChI=1S/C18H19N5O6/c1-28-15-10-12(23(26)27)4-5-13(15)19-17(24)11-29-18(25)14-6-7-16(21-20-14)22-8-2-3-9-22/h4-7,10H,2-3,8-9,11H2,1H3,(H,19,24). The highest BCUT2D eigenvalue weighted by Gasteiger charge is 2.18. The normalized spacial score (nSPS) is 13.1. The van der Waals surface area contributed by atoms with Gasteiger partial charge in [0.25, 0.3) is 11.6 Å². The van der Waals surface area contributed by atoms with Crippen LogP contribution in [0.5, 0.6) is 5.75 Å². The fourth-order valence-corrected chi connectivity index (χ4v) is 2.84. The smallest absolute Gasteiger partial charge is 0.359 e. The third-order valence-corrected chi connectivity index (χ3v) is 4.29. The first-order chi connectivity index (χ1) is 14.0. The number of esters is 1. The number of nitro benzene ring substituents is 1. The number of carbonyl (C=O) groups is 2. The van der Waals surface area contributed by atoms with E-state index in [0.717, 1.165) is 25.9 Å². The quantitative estimate of drug-likeness (QED) is 0.418. The summed E-state index contributed by atoms with van der Waals surface area (Å²) in [6, 6.07) is 6.93. The average Bonchev–Trinajstić information content (AvgIpc) is 3.27. The number of benzene rings is 1. The van der Waals surface area contributed by atoms with Gasteiger partial charge in [-0.15, -0.1) is 10.2 Å². The number of non-ortho nitro benzene ring substituents is 1. The zero-order valence-electron chi connectivity index (χ0n) is 15.7. The molecule has 1 amide bonds. The minimum Gasteiger partial charge on any atom is -0.494 e. The van der Waals surface area contributed by atoms with Crippen LogP contribution in [0, 0.1) is 10.1 Å². The summed E-state index contributed by atoms with van der Waals surface area (Å²) in [4.78, 5) is 36.4. The fourth-order valence-electron chi connectivity index (χ4n) is 2.84. The maximum atomic E-state index is 12.1. The van der Waals surface area contributed by atoms with E-state index < -0.39 is 23.4 Å². The number of aromatic nitrogens is 2. The number of anilines is 2. The molecule has 152 valence electrons. The van der Waals surface area contributed by atoms with Gasteiger partial charge in [-0.25, -0.2) is 4.79 Å². The van der Waals surface area contributed by atoms with Crippen LogP contribution in [-0.2, 0) is 9.53 Å². The van der Waals surface area contributed by atoms with Crippen LogP contribution in [0.4, 0.5) is 17.2 Å². The van der Waals surface area contributed by atoms with E-state index in [2.05, 4.69) is 20.4 Å². The lowest BCUT2D eigenvalue weighted by atomic mass is 10.2. The van der Waals surface area contributed by atoms with Gasteiger partial charge in [-0.3, -0.25) is 14.9 Å². The van der Waals surface area contributed by atoms with E-state index in [1.807, 2.05) is 0 Å². The zero-order valence-corrected chi connectivity index (χ0v) is 15.7. The van der Waals surface area contributed by atoms with Crippen molar-refractivity contribution in [2.24, 2.45) is 0 Å². The summed E-state index contributed by atoms with van der Waals surface area (Å²) in [5, 5.41) is 21.2. The molecular formula is C18H19N5O6. The predicted molar refractivity (Wildman–Crippen MR) is 102 cm³/mol. The third-order valence-electron chi connectivity index (χ3n) is 4.29. The van der Waals surface area contributed by atoms with Gasteiger partial charge < -0.3 is 19.7 Å². The van der Waals surface area contributed by atoms with Crippen molar-refractivity contribution in [2.45, 2.75) is 12.8 Å². The molecule has 2 aromatic rings. The van der Waals surface area contributed by atoms with Crippen molar-refractivity contribution in [2.75, 3.05) is 37.0 Å². The number of nitrogens with one attached hydrogen (secondary N) is 1. The first kappa shape index (κ1) is 20.0. The number of nitrogens with zero attached hydrogens (tertiary/aromatic N) is 4. The first-order valence-electron chi connectivity index (χ1n) is 8.86. The average molecular weight is 401 g/mol. The summed E-state index contributed by atoms with van der Waals surface area (Å²) in [6.45, 7) is 1.25. The van der Waals surface area contributed by atoms with Crippen LogP contribution >= 0.6 is 0 Å². The summed E-state index contributed by atoms with van der Waals surface area (Å²) >= 11 is 0. The molecule has 2 heterocycles. The molecule has 0 unspecified atom stereocenters. The molecule has 1 aliphatic heterocycles. The lowest BCUT2D eigenvalue weighted by Crippen LogP contribution is -2.22. The Labute approximate surface area is 165 Å². The molecule has 1 aliphatic rings. The topological polar surface area (TPSA) is 137 Å². The van der Waals surface area contributed by atoms with Crippen molar-refractivity contribution in [1.29, 1.82) is 0 Å². The Morgan fingerprint density at radius 3 is 2.59 bits per heavy atom. The summed E-state index contributed by atoms with van der Waals surface area (Å²) in [7, 11) is 1.32. The molecule has 1 aromatic carbocycles. The Kier molecular flexibility index (Phi) is 6.17. The van der Waals surface area contributed by atoms with Gasteiger partial charge >= 0.3 is 5.97 Å². The number of rotatable bonds is 7. The van der Waals surface area contributed by atoms with Crippen LogP contribution in [0.15, 0.2) is 30.3 Å². The van der Waals surface area contributed by atoms with E-state index in [4.69, 9.17) is 9.47 Å². The second kappa shape index (κ2) is 8.95. The molecule has 0 atom stereocenters. The van der Waals surface area contributed by atoms with Crippen LogP contribution in [-0.4, -0.2) is 53.8 Å². The van der Waals surface area contributed by atoms with Gasteiger partial charge in [-0.05, 0) is 31.0 Å². The van der Waals surface area contributed by atoms with Gasteiger partial charge in [0.15, 0.2) is 18.1 Å². The zero-order chi connectivity index (χ0) is 20.8. The Morgan fingerprint density at radius 1 is 1.21 bits per heavy atom. The summed E-state index contributed by atoms with van der Waals surface area (Å²) in [5.41, 5.74) is 0.0322. The van der Waals surface area contributed by atoms with Gasteiger partial charge in [-0.1, -0.05) is 0 Å². The molecule has 1 saturated heterocycles.